The Morgan fingerprint density at radius 1 is 1.18 bits per heavy atom. The Morgan fingerprint density at radius 3 is 2.79 bits per heavy atom. The number of benzene rings is 1. The van der Waals surface area contributed by atoms with Gasteiger partial charge in [0.1, 0.15) is 22.1 Å². The van der Waals surface area contributed by atoms with Gasteiger partial charge in [0.2, 0.25) is 0 Å². The molecule has 0 N–H and O–H groups in total. The van der Waals surface area contributed by atoms with Crippen LogP contribution in [0.2, 0.25) is 5.02 Å². The number of aromatic nitrogens is 4. The Hall–Kier alpha value is -3.43. The molecule has 0 unspecified atom stereocenters. The van der Waals surface area contributed by atoms with E-state index in [2.05, 4.69) is 4.98 Å². The predicted molar refractivity (Wildman–Crippen MR) is 131 cm³/mol. The summed E-state index contributed by atoms with van der Waals surface area (Å²) < 4.78 is 8.94. The molecule has 1 aromatic carbocycles. The highest BCUT2D eigenvalue weighted by Crippen LogP contribution is 2.33. The van der Waals surface area contributed by atoms with Crippen molar-refractivity contribution >= 4 is 28.8 Å². The first-order chi connectivity index (χ1) is 16.4. The first kappa shape index (κ1) is 22.4. The van der Waals surface area contributed by atoms with Crippen LogP contribution in [0.1, 0.15) is 28.1 Å². The van der Waals surface area contributed by atoms with Crippen LogP contribution in [0.4, 0.5) is 0 Å². The Labute approximate surface area is 205 Å². The van der Waals surface area contributed by atoms with Gasteiger partial charge < -0.3 is 18.8 Å². The molecular weight excluding hydrogens is 474 g/mol. The van der Waals surface area contributed by atoms with Crippen LogP contribution in [-0.2, 0) is 13.1 Å². The van der Waals surface area contributed by atoms with E-state index in [4.69, 9.17) is 21.3 Å². The first-order valence-electron chi connectivity index (χ1n) is 10.9. The van der Waals surface area contributed by atoms with Gasteiger partial charge in [0.25, 0.3) is 11.5 Å². The summed E-state index contributed by atoms with van der Waals surface area (Å²) >= 11 is 7.67. The second-order valence-corrected chi connectivity index (χ2v) is 9.29. The Bertz CT molecular complexity index is 1440. The summed E-state index contributed by atoms with van der Waals surface area (Å²) in [6.07, 6.45) is 3.39. The molecule has 0 aliphatic carbocycles. The van der Waals surface area contributed by atoms with Crippen LogP contribution < -0.4 is 10.3 Å². The van der Waals surface area contributed by atoms with Gasteiger partial charge in [-0.1, -0.05) is 11.6 Å². The summed E-state index contributed by atoms with van der Waals surface area (Å²) in [5.41, 5.74) is 3.04. The molecule has 34 heavy (non-hydrogen) atoms. The van der Waals surface area contributed by atoms with Gasteiger partial charge in [0, 0.05) is 35.3 Å². The zero-order valence-electron chi connectivity index (χ0n) is 18.7. The lowest BCUT2D eigenvalue weighted by Gasteiger charge is -2.29. The van der Waals surface area contributed by atoms with E-state index >= 15 is 0 Å². The molecule has 4 heterocycles. The fraction of sp³-hybridized carbons (Fsp3) is 0.250. The molecule has 0 atom stereocenters. The Morgan fingerprint density at radius 2 is 2.03 bits per heavy atom. The van der Waals surface area contributed by atoms with E-state index in [1.54, 1.807) is 40.2 Å². The van der Waals surface area contributed by atoms with Crippen molar-refractivity contribution in [3.63, 3.8) is 0 Å². The standard InChI is InChI=1S/C24H22ClN5O3S/c1-3-33-21-7-4-16(25)10-17(21)18-13-34-22(27-18)12-28-8-9-30-20(23(28)31)6-5-19(24(30)32)29-11-15(2)26-14-29/h4-7,10-11,13-14H,3,8-9,12H2,1-2H3. The van der Waals surface area contributed by atoms with E-state index in [9.17, 15) is 9.59 Å². The van der Waals surface area contributed by atoms with Crippen molar-refractivity contribution in [2.75, 3.05) is 13.2 Å². The normalized spacial score (nSPS) is 13.3. The number of rotatable bonds is 6. The van der Waals surface area contributed by atoms with Crippen LogP contribution in [0, 0.1) is 6.92 Å². The van der Waals surface area contributed by atoms with Gasteiger partial charge in [0.05, 0.1) is 30.9 Å². The summed E-state index contributed by atoms with van der Waals surface area (Å²) in [5.74, 6) is 0.529. The molecule has 0 spiro atoms. The number of ether oxygens (including phenoxy) is 1. The molecule has 5 rings (SSSR count). The van der Waals surface area contributed by atoms with E-state index < -0.39 is 0 Å². The Kier molecular flexibility index (Phi) is 5.97. The molecule has 1 aliphatic rings. The number of fused-ring (bicyclic) bond motifs is 1. The van der Waals surface area contributed by atoms with Gasteiger partial charge in [-0.2, -0.15) is 0 Å². The summed E-state index contributed by atoms with van der Waals surface area (Å²) in [4.78, 5) is 36.8. The number of carbonyl (C=O) groups is 1. The monoisotopic (exact) mass is 495 g/mol. The van der Waals surface area contributed by atoms with Gasteiger partial charge >= 0.3 is 0 Å². The molecule has 0 bridgehead atoms. The summed E-state index contributed by atoms with van der Waals surface area (Å²) in [7, 11) is 0. The largest absolute Gasteiger partial charge is 0.493 e. The van der Waals surface area contributed by atoms with Gasteiger partial charge in [-0.25, -0.2) is 9.97 Å². The number of aryl methyl sites for hydroxylation is 1. The predicted octanol–water partition coefficient (Wildman–Crippen LogP) is 4.17. The Balaban J connectivity index is 1.38. The molecular formula is C24H22ClN5O3S. The van der Waals surface area contributed by atoms with Crippen LogP contribution in [0.25, 0.3) is 16.9 Å². The van der Waals surface area contributed by atoms with Crippen LogP contribution in [-0.4, -0.2) is 43.1 Å². The fourth-order valence-corrected chi connectivity index (χ4v) is 5.00. The molecule has 1 amide bonds. The molecule has 0 fully saturated rings. The van der Waals surface area contributed by atoms with Crippen LogP contribution in [0.15, 0.2) is 53.0 Å². The van der Waals surface area contributed by atoms with Crippen molar-refractivity contribution in [2.45, 2.75) is 26.9 Å². The van der Waals surface area contributed by atoms with Crippen molar-refractivity contribution in [1.82, 2.24) is 24.0 Å². The number of pyridine rings is 1. The highest BCUT2D eigenvalue weighted by molar-refractivity contribution is 7.09. The van der Waals surface area contributed by atoms with E-state index in [0.29, 0.717) is 42.6 Å². The van der Waals surface area contributed by atoms with E-state index in [1.165, 1.54) is 15.9 Å². The molecule has 3 aromatic heterocycles. The molecule has 0 radical (unpaired) electrons. The van der Waals surface area contributed by atoms with Crippen molar-refractivity contribution in [1.29, 1.82) is 0 Å². The van der Waals surface area contributed by atoms with Crippen molar-refractivity contribution in [3.05, 3.63) is 80.0 Å². The number of carbonyl (C=O) groups excluding carboxylic acids is 1. The number of hydrogen-bond donors (Lipinski definition) is 0. The fourth-order valence-electron chi connectivity index (χ4n) is 4.01. The topological polar surface area (TPSA) is 82.2 Å². The van der Waals surface area contributed by atoms with Gasteiger partial charge in [-0.3, -0.25) is 9.59 Å². The summed E-state index contributed by atoms with van der Waals surface area (Å²) in [6.45, 7) is 5.54. The quantitative estimate of drug-likeness (QED) is 0.401. The van der Waals surface area contributed by atoms with Crippen LogP contribution in [0.5, 0.6) is 5.75 Å². The summed E-state index contributed by atoms with van der Waals surface area (Å²) in [6, 6.07) is 8.83. The smallest absolute Gasteiger partial charge is 0.275 e. The number of hydrogen-bond acceptors (Lipinski definition) is 6. The van der Waals surface area contributed by atoms with E-state index in [1.807, 2.05) is 31.4 Å². The lowest BCUT2D eigenvalue weighted by Crippen LogP contribution is -2.44. The maximum atomic E-state index is 13.2. The molecule has 0 saturated heterocycles. The third kappa shape index (κ3) is 4.12. The molecule has 10 heteroatoms. The molecule has 1 aliphatic heterocycles. The van der Waals surface area contributed by atoms with E-state index in [-0.39, 0.29) is 11.5 Å². The zero-order valence-corrected chi connectivity index (χ0v) is 20.3. The number of nitrogens with zero attached hydrogens (tertiary/aromatic N) is 5. The lowest BCUT2D eigenvalue weighted by molar-refractivity contribution is 0.0686. The second kappa shape index (κ2) is 9.08. The number of imidazole rings is 1. The van der Waals surface area contributed by atoms with Crippen molar-refractivity contribution < 1.29 is 9.53 Å². The maximum absolute atomic E-state index is 13.2. The first-order valence-corrected chi connectivity index (χ1v) is 12.1. The minimum Gasteiger partial charge on any atom is -0.493 e. The average Bonchev–Trinajstić information content (AvgIpc) is 3.46. The van der Waals surface area contributed by atoms with Gasteiger partial charge in [-0.15, -0.1) is 11.3 Å². The third-order valence-electron chi connectivity index (χ3n) is 5.64. The minimum absolute atomic E-state index is 0.189. The van der Waals surface area contributed by atoms with Gasteiger partial charge in [-0.05, 0) is 44.2 Å². The van der Waals surface area contributed by atoms with Crippen LogP contribution >= 0.6 is 22.9 Å². The molecule has 174 valence electrons. The average molecular weight is 496 g/mol. The third-order valence-corrected chi connectivity index (χ3v) is 6.71. The molecule has 8 nitrogen and oxygen atoms in total. The highest BCUT2D eigenvalue weighted by Gasteiger charge is 2.27. The number of thiazole rings is 1. The van der Waals surface area contributed by atoms with Crippen LogP contribution in [0.3, 0.4) is 0 Å². The van der Waals surface area contributed by atoms with Crippen molar-refractivity contribution in [3.8, 4) is 22.7 Å². The molecule has 4 aromatic rings. The molecule has 0 saturated carbocycles. The van der Waals surface area contributed by atoms with Gasteiger partial charge in [0.15, 0.2) is 0 Å². The summed E-state index contributed by atoms with van der Waals surface area (Å²) in [5, 5.41) is 3.34. The second-order valence-electron chi connectivity index (χ2n) is 7.91. The maximum Gasteiger partial charge on any atom is 0.275 e. The minimum atomic E-state index is -0.205. The highest BCUT2D eigenvalue weighted by atomic mass is 35.5. The number of amides is 1. The SMILES string of the molecule is CCOc1ccc(Cl)cc1-c1csc(CN2CCn3c(ccc(-n4cnc(C)c4)c3=O)C2=O)n1. The zero-order chi connectivity index (χ0) is 23.8. The van der Waals surface area contributed by atoms with E-state index in [0.717, 1.165) is 27.7 Å². The van der Waals surface area contributed by atoms with Crippen molar-refractivity contribution in [2.24, 2.45) is 0 Å². The number of halogens is 1. The lowest BCUT2D eigenvalue weighted by atomic mass is 10.1.